The summed E-state index contributed by atoms with van der Waals surface area (Å²) in [6.07, 6.45) is 6.19. The van der Waals surface area contributed by atoms with Gasteiger partial charge in [0.25, 0.3) is 0 Å². The third kappa shape index (κ3) is 2.62. The Bertz CT molecular complexity index is 677. The van der Waals surface area contributed by atoms with Gasteiger partial charge in [-0.25, -0.2) is 9.50 Å². The SMILES string of the molecule is NCC(Cc1ccccc1)Nc1nccn2nccc12. The summed E-state index contributed by atoms with van der Waals surface area (Å²) in [5.41, 5.74) is 8.09. The fraction of sp³-hybridized carbons (Fsp3) is 0.200. The van der Waals surface area contributed by atoms with Crippen LogP contribution in [0.15, 0.2) is 55.0 Å². The lowest BCUT2D eigenvalue weighted by atomic mass is 10.1. The number of nitrogens with one attached hydrogen (secondary N) is 1. The first kappa shape index (κ1) is 12.6. The van der Waals surface area contributed by atoms with E-state index >= 15 is 0 Å². The van der Waals surface area contributed by atoms with Gasteiger partial charge >= 0.3 is 0 Å². The van der Waals surface area contributed by atoms with E-state index < -0.39 is 0 Å². The van der Waals surface area contributed by atoms with Crippen molar-refractivity contribution in [2.45, 2.75) is 12.5 Å². The minimum absolute atomic E-state index is 0.144. The van der Waals surface area contributed by atoms with E-state index in [1.165, 1.54) is 5.56 Å². The second-order valence-corrected chi connectivity index (χ2v) is 4.70. The summed E-state index contributed by atoms with van der Waals surface area (Å²) in [6.45, 7) is 0.547. The Kier molecular flexibility index (Phi) is 3.60. The zero-order valence-corrected chi connectivity index (χ0v) is 11.1. The number of hydrogen-bond acceptors (Lipinski definition) is 4. The number of rotatable bonds is 5. The van der Waals surface area contributed by atoms with Gasteiger partial charge in [0.1, 0.15) is 5.52 Å². The Balaban J connectivity index is 1.79. The molecule has 1 aromatic carbocycles. The van der Waals surface area contributed by atoms with Crippen molar-refractivity contribution >= 4 is 11.3 Å². The number of aromatic nitrogens is 3. The molecule has 1 atom stereocenters. The number of nitrogens with zero attached hydrogens (tertiary/aromatic N) is 3. The summed E-state index contributed by atoms with van der Waals surface area (Å²) in [5.74, 6) is 0.816. The van der Waals surface area contributed by atoms with Crippen molar-refractivity contribution in [3.63, 3.8) is 0 Å². The van der Waals surface area contributed by atoms with Gasteiger partial charge < -0.3 is 11.1 Å². The van der Waals surface area contributed by atoms with Crippen LogP contribution in [0, 0.1) is 0 Å². The largest absolute Gasteiger partial charge is 0.364 e. The smallest absolute Gasteiger partial charge is 0.152 e. The van der Waals surface area contributed by atoms with Crippen LogP contribution in [0.4, 0.5) is 5.82 Å². The van der Waals surface area contributed by atoms with Gasteiger partial charge in [0.2, 0.25) is 0 Å². The topological polar surface area (TPSA) is 68.2 Å². The number of anilines is 1. The maximum atomic E-state index is 5.88. The van der Waals surface area contributed by atoms with Crippen molar-refractivity contribution in [1.82, 2.24) is 14.6 Å². The van der Waals surface area contributed by atoms with E-state index in [1.807, 2.05) is 30.5 Å². The first-order chi connectivity index (χ1) is 9.86. The Hall–Kier alpha value is -2.40. The number of hydrogen-bond donors (Lipinski definition) is 2. The standard InChI is InChI=1S/C15H17N5/c16-11-13(10-12-4-2-1-3-5-12)19-15-14-6-7-18-20(14)9-8-17-15/h1-9,13H,10-11,16H2,(H,17,19). The third-order valence-electron chi connectivity index (χ3n) is 3.27. The summed E-state index contributed by atoms with van der Waals surface area (Å²) in [7, 11) is 0. The van der Waals surface area contributed by atoms with Crippen LogP contribution in [-0.2, 0) is 6.42 Å². The molecule has 3 rings (SSSR count). The zero-order chi connectivity index (χ0) is 13.8. The molecule has 0 saturated heterocycles. The first-order valence-corrected chi connectivity index (χ1v) is 6.65. The minimum Gasteiger partial charge on any atom is -0.364 e. The molecule has 2 aromatic heterocycles. The monoisotopic (exact) mass is 267 g/mol. The molecule has 3 N–H and O–H groups in total. The van der Waals surface area contributed by atoms with Crippen LogP contribution in [0.1, 0.15) is 5.56 Å². The highest BCUT2D eigenvalue weighted by molar-refractivity contribution is 5.67. The lowest BCUT2D eigenvalue weighted by Crippen LogP contribution is -2.31. The molecule has 0 radical (unpaired) electrons. The second-order valence-electron chi connectivity index (χ2n) is 4.70. The molecule has 0 aliphatic heterocycles. The van der Waals surface area contributed by atoms with E-state index in [1.54, 1.807) is 16.9 Å². The quantitative estimate of drug-likeness (QED) is 0.738. The normalized spacial score (nSPS) is 12.4. The van der Waals surface area contributed by atoms with Gasteiger partial charge in [-0.3, -0.25) is 0 Å². The number of fused-ring (bicyclic) bond motifs is 1. The molecule has 1 unspecified atom stereocenters. The molecule has 102 valence electrons. The van der Waals surface area contributed by atoms with Gasteiger partial charge in [-0.15, -0.1) is 0 Å². The van der Waals surface area contributed by atoms with Crippen LogP contribution in [0.2, 0.25) is 0 Å². The molecular formula is C15H17N5. The fourth-order valence-electron chi connectivity index (χ4n) is 2.25. The highest BCUT2D eigenvalue weighted by atomic mass is 15.2. The average Bonchev–Trinajstić information content (AvgIpc) is 2.97. The number of benzene rings is 1. The van der Waals surface area contributed by atoms with E-state index in [9.17, 15) is 0 Å². The summed E-state index contributed by atoms with van der Waals surface area (Å²) in [5, 5.41) is 7.61. The van der Waals surface area contributed by atoms with Crippen LogP contribution in [0.25, 0.3) is 5.52 Å². The van der Waals surface area contributed by atoms with Crippen molar-refractivity contribution < 1.29 is 0 Å². The fourth-order valence-corrected chi connectivity index (χ4v) is 2.25. The molecule has 0 saturated carbocycles. The predicted octanol–water partition coefficient (Wildman–Crippen LogP) is 1.71. The molecule has 20 heavy (non-hydrogen) atoms. The predicted molar refractivity (Wildman–Crippen MR) is 79.6 cm³/mol. The van der Waals surface area contributed by atoms with Crippen molar-refractivity contribution in [2.75, 3.05) is 11.9 Å². The van der Waals surface area contributed by atoms with E-state index in [4.69, 9.17) is 5.73 Å². The van der Waals surface area contributed by atoms with Gasteiger partial charge in [0, 0.05) is 25.0 Å². The van der Waals surface area contributed by atoms with Crippen molar-refractivity contribution in [1.29, 1.82) is 0 Å². The average molecular weight is 267 g/mol. The first-order valence-electron chi connectivity index (χ1n) is 6.65. The van der Waals surface area contributed by atoms with Crippen LogP contribution < -0.4 is 11.1 Å². The second kappa shape index (κ2) is 5.71. The lowest BCUT2D eigenvalue weighted by molar-refractivity contribution is 0.719. The molecule has 0 bridgehead atoms. The highest BCUT2D eigenvalue weighted by Crippen LogP contribution is 2.14. The van der Waals surface area contributed by atoms with Gasteiger partial charge in [-0.2, -0.15) is 5.10 Å². The lowest BCUT2D eigenvalue weighted by Gasteiger charge is -2.18. The Morgan fingerprint density at radius 3 is 2.80 bits per heavy atom. The van der Waals surface area contributed by atoms with Crippen LogP contribution in [0.5, 0.6) is 0 Å². The maximum absolute atomic E-state index is 5.88. The maximum Gasteiger partial charge on any atom is 0.152 e. The van der Waals surface area contributed by atoms with Crippen molar-refractivity contribution in [2.24, 2.45) is 5.73 Å². The van der Waals surface area contributed by atoms with E-state index in [0.29, 0.717) is 6.54 Å². The van der Waals surface area contributed by atoms with E-state index in [-0.39, 0.29) is 6.04 Å². The summed E-state index contributed by atoms with van der Waals surface area (Å²) < 4.78 is 1.80. The Morgan fingerprint density at radius 2 is 2.00 bits per heavy atom. The molecule has 5 nitrogen and oxygen atoms in total. The van der Waals surface area contributed by atoms with Crippen LogP contribution in [-0.4, -0.2) is 27.2 Å². The summed E-state index contributed by atoms with van der Waals surface area (Å²) >= 11 is 0. The van der Waals surface area contributed by atoms with Crippen molar-refractivity contribution in [3.05, 3.63) is 60.6 Å². The van der Waals surface area contributed by atoms with Crippen LogP contribution >= 0.6 is 0 Å². The molecule has 0 aliphatic rings. The summed E-state index contributed by atoms with van der Waals surface area (Å²) in [6, 6.07) is 12.4. The Morgan fingerprint density at radius 1 is 1.15 bits per heavy atom. The molecule has 5 heteroatoms. The third-order valence-corrected chi connectivity index (χ3v) is 3.27. The molecule has 2 heterocycles. The van der Waals surface area contributed by atoms with Gasteiger partial charge in [-0.1, -0.05) is 30.3 Å². The minimum atomic E-state index is 0.144. The molecule has 0 amide bonds. The van der Waals surface area contributed by atoms with E-state index in [0.717, 1.165) is 17.8 Å². The molecule has 0 fully saturated rings. The summed E-state index contributed by atoms with van der Waals surface area (Å²) in [4.78, 5) is 4.38. The van der Waals surface area contributed by atoms with Gasteiger partial charge in [-0.05, 0) is 18.1 Å². The molecular weight excluding hydrogens is 250 g/mol. The van der Waals surface area contributed by atoms with Crippen molar-refractivity contribution in [3.8, 4) is 0 Å². The Labute approximate surface area is 117 Å². The van der Waals surface area contributed by atoms with Gasteiger partial charge in [0.15, 0.2) is 5.82 Å². The number of nitrogens with two attached hydrogens (primary N) is 1. The van der Waals surface area contributed by atoms with E-state index in [2.05, 4.69) is 27.5 Å². The molecule has 0 spiro atoms. The molecule has 0 aliphatic carbocycles. The highest BCUT2D eigenvalue weighted by Gasteiger charge is 2.10. The zero-order valence-electron chi connectivity index (χ0n) is 11.1. The van der Waals surface area contributed by atoms with Gasteiger partial charge in [0.05, 0.1) is 6.20 Å². The molecule has 3 aromatic rings. The van der Waals surface area contributed by atoms with Crippen LogP contribution in [0.3, 0.4) is 0 Å².